The number of anilines is 1. The molecular weight excluding hydrogens is 230 g/mol. The van der Waals surface area contributed by atoms with Gasteiger partial charge in [-0.2, -0.15) is 0 Å². The lowest BCUT2D eigenvalue weighted by atomic mass is 10.3. The first-order valence-corrected chi connectivity index (χ1v) is 5.85. The molecule has 0 fully saturated rings. The van der Waals surface area contributed by atoms with Crippen molar-refractivity contribution < 1.29 is 4.74 Å². The molecule has 6 heteroatoms. The highest BCUT2D eigenvalue weighted by atomic mass is 16.5. The topological polar surface area (TPSA) is 64.9 Å². The van der Waals surface area contributed by atoms with E-state index in [0.29, 0.717) is 6.54 Å². The summed E-state index contributed by atoms with van der Waals surface area (Å²) in [5.74, 6) is 1.62. The van der Waals surface area contributed by atoms with Crippen LogP contribution in [0.4, 0.5) is 5.69 Å². The molecule has 18 heavy (non-hydrogen) atoms. The van der Waals surface area contributed by atoms with Gasteiger partial charge in [0.1, 0.15) is 6.33 Å². The maximum Gasteiger partial charge on any atom is 0.160 e. The second-order valence-electron chi connectivity index (χ2n) is 3.91. The van der Waals surface area contributed by atoms with E-state index in [0.717, 1.165) is 29.5 Å². The van der Waals surface area contributed by atoms with Crippen molar-refractivity contribution in [1.82, 2.24) is 19.7 Å². The second kappa shape index (κ2) is 5.48. The Bertz CT molecular complexity index is 523. The van der Waals surface area contributed by atoms with Crippen molar-refractivity contribution in [2.75, 3.05) is 12.4 Å². The van der Waals surface area contributed by atoms with E-state index in [1.165, 1.54) is 0 Å². The monoisotopic (exact) mass is 247 g/mol. The van der Waals surface area contributed by atoms with Crippen LogP contribution < -0.4 is 10.1 Å². The van der Waals surface area contributed by atoms with Gasteiger partial charge in [-0.1, -0.05) is 0 Å². The molecule has 2 heterocycles. The standard InChI is InChI=1S/C12H17N5O/c1-4-17-8-15-16-12(17)7-14-10-5-9(2)13-6-11(10)18-3/h5-6,8H,4,7H2,1-3H3,(H,13,14). The van der Waals surface area contributed by atoms with E-state index in [2.05, 4.69) is 27.4 Å². The molecule has 0 aliphatic rings. The van der Waals surface area contributed by atoms with Crippen LogP contribution in [0.5, 0.6) is 5.75 Å². The molecule has 1 N–H and O–H groups in total. The second-order valence-corrected chi connectivity index (χ2v) is 3.91. The number of nitrogens with one attached hydrogen (secondary N) is 1. The molecule has 0 saturated carbocycles. The van der Waals surface area contributed by atoms with E-state index in [4.69, 9.17) is 4.74 Å². The minimum absolute atomic E-state index is 0.605. The zero-order valence-corrected chi connectivity index (χ0v) is 10.8. The summed E-state index contributed by atoms with van der Waals surface area (Å²) in [5, 5.41) is 11.3. The zero-order chi connectivity index (χ0) is 13.0. The third-order valence-corrected chi connectivity index (χ3v) is 2.70. The molecule has 0 aliphatic heterocycles. The molecule has 2 aromatic heterocycles. The molecule has 0 aromatic carbocycles. The van der Waals surface area contributed by atoms with Crippen LogP contribution in [0.1, 0.15) is 18.4 Å². The minimum atomic E-state index is 0.605. The Morgan fingerprint density at radius 3 is 3.00 bits per heavy atom. The lowest BCUT2D eigenvalue weighted by Gasteiger charge is -2.11. The smallest absolute Gasteiger partial charge is 0.160 e. The average Bonchev–Trinajstić information content (AvgIpc) is 2.84. The van der Waals surface area contributed by atoms with Gasteiger partial charge in [0, 0.05) is 12.2 Å². The van der Waals surface area contributed by atoms with Crippen molar-refractivity contribution in [3.05, 3.63) is 30.1 Å². The van der Waals surface area contributed by atoms with Gasteiger partial charge in [-0.25, -0.2) is 0 Å². The highest BCUT2D eigenvalue weighted by Gasteiger charge is 2.06. The summed E-state index contributed by atoms with van der Waals surface area (Å²) in [6, 6.07) is 1.95. The highest BCUT2D eigenvalue weighted by molar-refractivity contribution is 5.55. The predicted octanol–water partition coefficient (Wildman–Crippen LogP) is 1.62. The molecule has 2 rings (SSSR count). The van der Waals surface area contributed by atoms with Crippen LogP contribution in [0, 0.1) is 6.92 Å². The van der Waals surface area contributed by atoms with E-state index in [-0.39, 0.29) is 0 Å². The highest BCUT2D eigenvalue weighted by Crippen LogP contribution is 2.23. The van der Waals surface area contributed by atoms with E-state index >= 15 is 0 Å². The summed E-state index contributed by atoms with van der Waals surface area (Å²) >= 11 is 0. The van der Waals surface area contributed by atoms with Gasteiger partial charge in [-0.05, 0) is 19.9 Å². The molecule has 0 radical (unpaired) electrons. The third kappa shape index (κ3) is 2.58. The number of rotatable bonds is 5. The van der Waals surface area contributed by atoms with Crippen molar-refractivity contribution in [2.45, 2.75) is 26.9 Å². The Hall–Kier alpha value is -2.11. The SMILES string of the molecule is CCn1cnnc1CNc1cc(C)ncc1OC. The van der Waals surface area contributed by atoms with E-state index in [1.807, 2.05) is 17.6 Å². The van der Waals surface area contributed by atoms with E-state index < -0.39 is 0 Å². The molecule has 96 valence electrons. The van der Waals surface area contributed by atoms with Crippen molar-refractivity contribution in [1.29, 1.82) is 0 Å². The van der Waals surface area contributed by atoms with Crippen LogP contribution in [0.25, 0.3) is 0 Å². The van der Waals surface area contributed by atoms with Gasteiger partial charge in [0.05, 0.1) is 25.5 Å². The number of hydrogen-bond donors (Lipinski definition) is 1. The average molecular weight is 247 g/mol. The molecule has 0 amide bonds. The van der Waals surface area contributed by atoms with Gasteiger partial charge in [-0.3, -0.25) is 4.98 Å². The number of nitrogens with zero attached hydrogens (tertiary/aromatic N) is 4. The first-order chi connectivity index (χ1) is 8.74. The van der Waals surface area contributed by atoms with Crippen molar-refractivity contribution in [3.8, 4) is 5.75 Å². The van der Waals surface area contributed by atoms with Gasteiger partial charge in [0.25, 0.3) is 0 Å². The summed E-state index contributed by atoms with van der Waals surface area (Å²) in [6.45, 7) is 5.47. The van der Waals surface area contributed by atoms with Gasteiger partial charge < -0.3 is 14.6 Å². The Morgan fingerprint density at radius 1 is 1.44 bits per heavy atom. The molecule has 6 nitrogen and oxygen atoms in total. The quantitative estimate of drug-likeness (QED) is 0.869. The van der Waals surface area contributed by atoms with E-state index in [9.17, 15) is 0 Å². The number of hydrogen-bond acceptors (Lipinski definition) is 5. The Labute approximate surface area is 106 Å². The van der Waals surface area contributed by atoms with Crippen molar-refractivity contribution in [3.63, 3.8) is 0 Å². The minimum Gasteiger partial charge on any atom is -0.493 e. The molecule has 0 unspecified atom stereocenters. The third-order valence-electron chi connectivity index (χ3n) is 2.70. The largest absolute Gasteiger partial charge is 0.493 e. The summed E-state index contributed by atoms with van der Waals surface area (Å²) in [4.78, 5) is 4.19. The van der Waals surface area contributed by atoms with Gasteiger partial charge in [-0.15, -0.1) is 10.2 Å². The number of aryl methyl sites for hydroxylation is 2. The van der Waals surface area contributed by atoms with Crippen LogP contribution in [0.15, 0.2) is 18.6 Å². The van der Waals surface area contributed by atoms with E-state index in [1.54, 1.807) is 19.6 Å². The molecule has 0 atom stereocenters. The van der Waals surface area contributed by atoms with Crippen LogP contribution in [0.3, 0.4) is 0 Å². The predicted molar refractivity (Wildman–Crippen MR) is 68.5 cm³/mol. The lowest BCUT2D eigenvalue weighted by Crippen LogP contribution is -2.08. The first kappa shape index (κ1) is 12.3. The number of pyridine rings is 1. The van der Waals surface area contributed by atoms with Gasteiger partial charge >= 0.3 is 0 Å². The summed E-state index contributed by atoms with van der Waals surface area (Å²) in [7, 11) is 1.63. The molecule has 0 aliphatic carbocycles. The van der Waals surface area contributed by atoms with Crippen LogP contribution >= 0.6 is 0 Å². The normalized spacial score (nSPS) is 10.4. The molecular formula is C12H17N5O. The summed E-state index contributed by atoms with van der Waals surface area (Å²) in [6.07, 6.45) is 3.44. The maximum atomic E-state index is 5.26. The number of methoxy groups -OCH3 is 1. The first-order valence-electron chi connectivity index (χ1n) is 5.85. The fourth-order valence-electron chi connectivity index (χ4n) is 1.70. The Balaban J connectivity index is 2.12. The fourth-order valence-corrected chi connectivity index (χ4v) is 1.70. The van der Waals surface area contributed by atoms with Gasteiger partial charge in [0.15, 0.2) is 11.6 Å². The lowest BCUT2D eigenvalue weighted by molar-refractivity contribution is 0.414. The van der Waals surface area contributed by atoms with Gasteiger partial charge in [0.2, 0.25) is 0 Å². The summed E-state index contributed by atoms with van der Waals surface area (Å²) in [5.41, 5.74) is 1.85. The molecule has 0 bridgehead atoms. The van der Waals surface area contributed by atoms with Crippen molar-refractivity contribution >= 4 is 5.69 Å². The van der Waals surface area contributed by atoms with Crippen LogP contribution in [-0.2, 0) is 13.1 Å². The number of ether oxygens (including phenoxy) is 1. The number of aromatic nitrogens is 4. The fraction of sp³-hybridized carbons (Fsp3) is 0.417. The van der Waals surface area contributed by atoms with Crippen LogP contribution in [0.2, 0.25) is 0 Å². The van der Waals surface area contributed by atoms with Crippen molar-refractivity contribution in [2.24, 2.45) is 0 Å². The summed E-state index contributed by atoms with van der Waals surface area (Å²) < 4.78 is 7.25. The zero-order valence-electron chi connectivity index (χ0n) is 10.8. The van der Waals surface area contributed by atoms with Crippen LogP contribution in [-0.4, -0.2) is 26.9 Å². The molecule has 2 aromatic rings. The molecule has 0 spiro atoms. The Kier molecular flexibility index (Phi) is 3.76. The molecule has 0 saturated heterocycles. The maximum absolute atomic E-state index is 5.26. The Morgan fingerprint density at radius 2 is 2.28 bits per heavy atom.